The lowest BCUT2D eigenvalue weighted by Crippen LogP contribution is -2.52. The van der Waals surface area contributed by atoms with Gasteiger partial charge in [-0.25, -0.2) is 0 Å². The van der Waals surface area contributed by atoms with Gasteiger partial charge in [0.05, 0.1) is 13.0 Å². The van der Waals surface area contributed by atoms with Crippen molar-refractivity contribution in [3.05, 3.63) is 11.6 Å². The molecule has 0 heterocycles. The van der Waals surface area contributed by atoms with Gasteiger partial charge in [0.15, 0.2) is 5.78 Å². The third kappa shape index (κ3) is 2.59. The second-order valence-electron chi connectivity index (χ2n) is 10.5. The quantitative estimate of drug-likeness (QED) is 0.627. The van der Waals surface area contributed by atoms with Crippen LogP contribution in [0.25, 0.3) is 0 Å². The summed E-state index contributed by atoms with van der Waals surface area (Å²) < 4.78 is 5.02. The Morgan fingerprint density at radius 1 is 1.19 bits per heavy atom. The van der Waals surface area contributed by atoms with Crippen LogP contribution in [0.2, 0.25) is 0 Å². The summed E-state index contributed by atoms with van der Waals surface area (Å²) in [4.78, 5) is 25.8. The van der Waals surface area contributed by atoms with Gasteiger partial charge >= 0.3 is 5.97 Å². The largest absolute Gasteiger partial charge is 0.469 e. The number of hydrogen-bond donors (Lipinski definition) is 0. The van der Waals surface area contributed by atoms with Gasteiger partial charge in [-0.15, -0.1) is 0 Å². The van der Waals surface area contributed by atoms with Crippen LogP contribution in [0.4, 0.5) is 0 Å². The van der Waals surface area contributed by atoms with Crippen molar-refractivity contribution in [2.75, 3.05) is 7.11 Å². The van der Waals surface area contributed by atoms with E-state index in [9.17, 15) is 9.59 Å². The van der Waals surface area contributed by atoms with E-state index in [1.54, 1.807) is 0 Å². The maximum absolute atomic E-state index is 13.5. The molecule has 0 spiro atoms. The van der Waals surface area contributed by atoms with Crippen molar-refractivity contribution in [3.63, 3.8) is 0 Å². The average molecular weight is 373 g/mol. The molecule has 0 saturated heterocycles. The fraction of sp³-hybridized carbons (Fsp3) is 0.833. The number of carbonyl (C=O) groups excluding carboxylic acids is 2. The van der Waals surface area contributed by atoms with Gasteiger partial charge in [-0.1, -0.05) is 33.3 Å². The maximum Gasteiger partial charge on any atom is 0.308 e. The van der Waals surface area contributed by atoms with E-state index in [4.69, 9.17) is 4.74 Å². The monoisotopic (exact) mass is 372 g/mol. The molecule has 0 aromatic heterocycles. The SMILES string of the molecule is COC(=O)C(C)[C@H]1CCC2C3CC[C@@H]4C[C@H](C)CC[C@]4(C)C3=CC(=O)[C@@]21C. The van der Waals surface area contributed by atoms with Crippen molar-refractivity contribution < 1.29 is 14.3 Å². The minimum atomic E-state index is -0.396. The summed E-state index contributed by atoms with van der Waals surface area (Å²) in [6.07, 6.45) is 10.5. The molecule has 4 rings (SSSR count). The highest BCUT2D eigenvalue weighted by atomic mass is 16.5. The Morgan fingerprint density at radius 3 is 2.63 bits per heavy atom. The minimum absolute atomic E-state index is 0.108. The molecule has 3 heteroatoms. The van der Waals surface area contributed by atoms with Crippen molar-refractivity contribution in [2.45, 2.75) is 72.6 Å². The molecule has 3 nitrogen and oxygen atoms in total. The van der Waals surface area contributed by atoms with E-state index < -0.39 is 5.41 Å². The van der Waals surface area contributed by atoms with Crippen LogP contribution in [0, 0.1) is 46.3 Å². The highest BCUT2D eigenvalue weighted by molar-refractivity contribution is 5.98. The molecule has 3 fully saturated rings. The fourth-order valence-electron chi connectivity index (χ4n) is 7.71. The Kier molecular flexibility index (Phi) is 4.59. The average Bonchev–Trinajstić information content (AvgIpc) is 3.01. The molecule has 3 saturated carbocycles. The second kappa shape index (κ2) is 6.46. The van der Waals surface area contributed by atoms with Crippen LogP contribution < -0.4 is 0 Å². The van der Waals surface area contributed by atoms with Gasteiger partial charge < -0.3 is 4.74 Å². The van der Waals surface area contributed by atoms with Crippen LogP contribution in [-0.2, 0) is 14.3 Å². The molecule has 0 aliphatic heterocycles. The number of esters is 1. The Bertz CT molecular complexity index is 679. The van der Waals surface area contributed by atoms with E-state index in [-0.39, 0.29) is 29.0 Å². The summed E-state index contributed by atoms with van der Waals surface area (Å²) in [7, 11) is 1.46. The van der Waals surface area contributed by atoms with Crippen LogP contribution in [0.15, 0.2) is 11.6 Å². The van der Waals surface area contributed by atoms with Gasteiger partial charge in [-0.05, 0) is 86.0 Å². The molecule has 4 aliphatic rings. The number of ketones is 1. The maximum atomic E-state index is 13.5. The van der Waals surface area contributed by atoms with Gasteiger partial charge in [0, 0.05) is 5.41 Å². The molecule has 27 heavy (non-hydrogen) atoms. The zero-order chi connectivity index (χ0) is 19.6. The van der Waals surface area contributed by atoms with E-state index in [0.717, 1.165) is 24.7 Å². The lowest BCUT2D eigenvalue weighted by atomic mass is 9.47. The van der Waals surface area contributed by atoms with Gasteiger partial charge in [-0.2, -0.15) is 0 Å². The number of methoxy groups -OCH3 is 1. The predicted molar refractivity (Wildman–Crippen MR) is 106 cm³/mol. The Labute approximate surface area is 164 Å². The standard InChI is InChI=1S/C24H36O3/c1-14-10-11-23(3)16(12-14)6-7-17-19-9-8-18(15(2)22(26)27-5)24(19,4)21(25)13-20(17)23/h13-19H,6-12H2,1-5H3/t14-,15?,16-,17?,18-,19?,23+,24-/m1/s1. The Balaban J connectivity index is 1.70. The molecular weight excluding hydrogens is 336 g/mol. The van der Waals surface area contributed by atoms with Crippen LogP contribution in [0.3, 0.4) is 0 Å². The van der Waals surface area contributed by atoms with E-state index in [0.29, 0.717) is 11.8 Å². The van der Waals surface area contributed by atoms with Gasteiger partial charge in [0.25, 0.3) is 0 Å². The Morgan fingerprint density at radius 2 is 1.93 bits per heavy atom. The summed E-state index contributed by atoms with van der Waals surface area (Å²) in [5.74, 6) is 2.53. The van der Waals surface area contributed by atoms with Crippen LogP contribution in [-0.4, -0.2) is 18.9 Å². The molecule has 4 aliphatic carbocycles. The van der Waals surface area contributed by atoms with Gasteiger partial charge in [-0.3, -0.25) is 9.59 Å². The first-order valence-electron chi connectivity index (χ1n) is 11.1. The highest BCUT2D eigenvalue weighted by Crippen LogP contribution is 2.65. The number of ether oxygens (including phenoxy) is 1. The van der Waals surface area contributed by atoms with Gasteiger partial charge in [0.1, 0.15) is 0 Å². The zero-order valence-electron chi connectivity index (χ0n) is 17.7. The summed E-state index contributed by atoms with van der Waals surface area (Å²) >= 11 is 0. The number of allylic oxidation sites excluding steroid dienone is 2. The molecule has 150 valence electrons. The highest BCUT2D eigenvalue weighted by Gasteiger charge is 2.61. The summed E-state index contributed by atoms with van der Waals surface area (Å²) in [5, 5.41) is 0. The Hall–Kier alpha value is -1.12. The van der Waals surface area contributed by atoms with E-state index >= 15 is 0 Å². The smallest absolute Gasteiger partial charge is 0.308 e. The lowest BCUT2D eigenvalue weighted by molar-refractivity contribution is -0.150. The van der Waals surface area contributed by atoms with Crippen molar-refractivity contribution in [3.8, 4) is 0 Å². The van der Waals surface area contributed by atoms with Crippen LogP contribution in [0.5, 0.6) is 0 Å². The summed E-state index contributed by atoms with van der Waals surface area (Å²) in [6, 6.07) is 0. The topological polar surface area (TPSA) is 43.4 Å². The molecule has 3 unspecified atom stereocenters. The van der Waals surface area contributed by atoms with Crippen molar-refractivity contribution in [1.82, 2.24) is 0 Å². The normalized spacial score (nSPS) is 47.4. The van der Waals surface area contributed by atoms with Crippen molar-refractivity contribution in [2.24, 2.45) is 46.3 Å². The molecule has 0 aromatic rings. The molecule has 8 atom stereocenters. The summed E-state index contributed by atoms with van der Waals surface area (Å²) in [6.45, 7) is 8.94. The molecule has 0 radical (unpaired) electrons. The number of carbonyl (C=O) groups is 2. The predicted octanol–water partition coefficient (Wildman–Crippen LogP) is 5.19. The lowest BCUT2D eigenvalue weighted by Gasteiger charge is -2.56. The minimum Gasteiger partial charge on any atom is -0.469 e. The van der Waals surface area contributed by atoms with E-state index in [1.165, 1.54) is 44.8 Å². The van der Waals surface area contributed by atoms with Crippen molar-refractivity contribution >= 4 is 11.8 Å². The first-order valence-corrected chi connectivity index (χ1v) is 11.1. The summed E-state index contributed by atoms with van der Waals surface area (Å²) in [5.41, 5.74) is 1.30. The van der Waals surface area contributed by atoms with E-state index in [1.807, 2.05) is 6.92 Å². The van der Waals surface area contributed by atoms with Crippen LogP contribution >= 0.6 is 0 Å². The van der Waals surface area contributed by atoms with Gasteiger partial charge in [0.2, 0.25) is 0 Å². The molecule has 0 amide bonds. The first-order chi connectivity index (χ1) is 12.7. The number of rotatable bonds is 2. The second-order valence-corrected chi connectivity index (χ2v) is 10.5. The van der Waals surface area contributed by atoms with Crippen LogP contribution in [0.1, 0.15) is 72.6 Å². The number of hydrogen-bond acceptors (Lipinski definition) is 3. The van der Waals surface area contributed by atoms with Crippen molar-refractivity contribution in [1.29, 1.82) is 0 Å². The molecular formula is C24H36O3. The molecule has 0 aromatic carbocycles. The zero-order valence-corrected chi connectivity index (χ0v) is 17.7. The number of fused-ring (bicyclic) bond motifs is 5. The molecule has 0 bridgehead atoms. The van der Waals surface area contributed by atoms with E-state index in [2.05, 4.69) is 26.8 Å². The molecule has 0 N–H and O–H groups in total. The first kappa shape index (κ1) is 19.2. The third-order valence-corrected chi connectivity index (χ3v) is 9.44. The third-order valence-electron chi connectivity index (χ3n) is 9.44. The fourth-order valence-corrected chi connectivity index (χ4v) is 7.71.